The van der Waals surface area contributed by atoms with Crippen molar-refractivity contribution < 1.29 is 39.5 Å². The Kier molecular flexibility index (Phi) is 5.38. The van der Waals surface area contributed by atoms with Crippen LogP contribution in [0.5, 0.6) is 5.75 Å². The van der Waals surface area contributed by atoms with Crippen molar-refractivity contribution in [2.75, 3.05) is 31.2 Å². The van der Waals surface area contributed by atoms with Crippen LogP contribution in [0.25, 0.3) is 5.76 Å². The molecule has 5 rings (SSSR count). The first-order valence-electron chi connectivity index (χ1n) is 11.5. The monoisotopic (exact) mass is 485 g/mol. The van der Waals surface area contributed by atoms with Gasteiger partial charge < -0.3 is 41.5 Å². The number of primary amides is 1. The van der Waals surface area contributed by atoms with Gasteiger partial charge in [0.15, 0.2) is 11.4 Å². The quantitative estimate of drug-likeness (QED) is 0.299. The van der Waals surface area contributed by atoms with Gasteiger partial charge in [-0.15, -0.1) is 0 Å². The highest BCUT2D eigenvalue weighted by molar-refractivity contribution is 6.24. The first-order chi connectivity index (χ1) is 16.6. The molecular formula is C24H27N3O8. The van der Waals surface area contributed by atoms with Gasteiger partial charge in [-0.3, -0.25) is 14.4 Å². The number of nitrogens with zero attached hydrogens (tertiary/aromatic N) is 1. The summed E-state index contributed by atoms with van der Waals surface area (Å²) >= 11 is 0. The van der Waals surface area contributed by atoms with Crippen LogP contribution in [0.2, 0.25) is 0 Å². The second-order valence-electron chi connectivity index (χ2n) is 9.49. The number of carbonyl (C=O) groups excluding carboxylic acids is 3. The minimum atomic E-state index is -2.70. The van der Waals surface area contributed by atoms with Crippen LogP contribution in [-0.4, -0.2) is 75.8 Å². The second kappa shape index (κ2) is 8.08. The van der Waals surface area contributed by atoms with Crippen molar-refractivity contribution in [2.45, 2.75) is 30.9 Å². The molecule has 4 aliphatic rings. The van der Waals surface area contributed by atoms with Crippen LogP contribution in [0, 0.1) is 11.8 Å². The lowest BCUT2D eigenvalue weighted by molar-refractivity contribution is -0.149. The molecule has 1 aromatic carbocycles. The summed E-state index contributed by atoms with van der Waals surface area (Å²) in [6.45, 7) is 2.45. The van der Waals surface area contributed by atoms with Crippen molar-refractivity contribution in [2.24, 2.45) is 23.3 Å². The molecule has 1 saturated carbocycles. The highest BCUT2D eigenvalue weighted by Crippen LogP contribution is 2.52. The number of ether oxygens (including phenoxy) is 1. The van der Waals surface area contributed by atoms with Crippen molar-refractivity contribution in [1.29, 1.82) is 0 Å². The van der Waals surface area contributed by atoms with E-state index in [1.165, 1.54) is 6.07 Å². The largest absolute Gasteiger partial charge is 0.508 e. The molecular weight excluding hydrogens is 458 g/mol. The van der Waals surface area contributed by atoms with Crippen LogP contribution in [0.15, 0.2) is 29.0 Å². The molecule has 0 radical (unpaired) electrons. The summed E-state index contributed by atoms with van der Waals surface area (Å²) in [5.74, 6) is -7.14. The van der Waals surface area contributed by atoms with Gasteiger partial charge in [-0.25, -0.2) is 0 Å². The number of aromatic hydroxyl groups is 1. The molecule has 0 aromatic heterocycles. The van der Waals surface area contributed by atoms with E-state index < -0.39 is 58.0 Å². The first-order valence-corrected chi connectivity index (χ1v) is 11.5. The van der Waals surface area contributed by atoms with E-state index in [9.17, 15) is 34.8 Å². The molecule has 1 heterocycles. The molecule has 4 atom stereocenters. The van der Waals surface area contributed by atoms with E-state index in [-0.39, 0.29) is 29.7 Å². The maximum absolute atomic E-state index is 13.6. The Hall–Kier alpha value is -3.41. The summed E-state index contributed by atoms with van der Waals surface area (Å²) in [5.41, 5.74) is 8.93. The van der Waals surface area contributed by atoms with Crippen LogP contribution in [0.1, 0.15) is 24.0 Å². The van der Waals surface area contributed by atoms with Gasteiger partial charge in [-0.05, 0) is 42.9 Å². The summed E-state index contributed by atoms with van der Waals surface area (Å²) in [6, 6.07) is 1.72. The zero-order valence-electron chi connectivity index (χ0n) is 18.9. The Balaban J connectivity index is 1.67. The maximum atomic E-state index is 13.6. The number of benzene rings is 1. The van der Waals surface area contributed by atoms with Crippen molar-refractivity contribution in [3.8, 4) is 5.75 Å². The van der Waals surface area contributed by atoms with Gasteiger partial charge in [0.05, 0.1) is 18.2 Å². The zero-order chi connectivity index (χ0) is 25.2. The minimum Gasteiger partial charge on any atom is -0.508 e. The number of aliphatic hydroxyl groups excluding tert-OH is 2. The highest BCUT2D eigenvalue weighted by atomic mass is 16.5. The summed E-state index contributed by atoms with van der Waals surface area (Å²) < 4.78 is 5.53. The van der Waals surface area contributed by atoms with E-state index in [4.69, 9.17) is 16.2 Å². The minimum absolute atomic E-state index is 0.0255. The Morgan fingerprint density at radius 2 is 1.89 bits per heavy atom. The number of fused-ring (bicyclic) bond motifs is 3. The van der Waals surface area contributed by atoms with Crippen LogP contribution >= 0.6 is 0 Å². The Morgan fingerprint density at radius 3 is 2.60 bits per heavy atom. The third-order valence-corrected chi connectivity index (χ3v) is 7.67. The zero-order valence-corrected chi connectivity index (χ0v) is 18.9. The lowest BCUT2D eigenvalue weighted by atomic mass is 9.58. The van der Waals surface area contributed by atoms with E-state index in [1.54, 1.807) is 6.07 Å². The summed E-state index contributed by atoms with van der Waals surface area (Å²) in [5, 5.41) is 43.9. The number of hydrogen-bond acceptors (Lipinski definition) is 10. The number of aliphatic hydroxyl groups is 3. The van der Waals surface area contributed by atoms with Crippen molar-refractivity contribution in [3.63, 3.8) is 0 Å². The lowest BCUT2D eigenvalue weighted by Gasteiger charge is -2.48. The molecule has 8 N–H and O–H groups in total. The second-order valence-corrected chi connectivity index (χ2v) is 9.49. The Morgan fingerprint density at radius 1 is 1.14 bits per heavy atom. The summed E-state index contributed by atoms with van der Waals surface area (Å²) in [7, 11) is 0. The SMILES string of the molecule is NC(=O)C1=C(O)[C@@]2(O)C(=O)C3=C(O)c4c(O)ccc(N5CCCOCC5)c4C[C@H]3C[C@H]2[C@@H](N)C1=O. The number of anilines is 1. The van der Waals surface area contributed by atoms with Crippen molar-refractivity contribution >= 4 is 28.9 Å². The molecule has 0 bridgehead atoms. The van der Waals surface area contributed by atoms with Gasteiger partial charge in [0, 0.05) is 36.9 Å². The third kappa shape index (κ3) is 3.19. The van der Waals surface area contributed by atoms with Gasteiger partial charge in [0.25, 0.3) is 5.91 Å². The number of nitrogens with two attached hydrogens (primary N) is 2. The molecule has 2 fully saturated rings. The number of amides is 1. The molecule has 0 unspecified atom stereocenters. The molecule has 1 aliphatic heterocycles. The van der Waals surface area contributed by atoms with E-state index >= 15 is 0 Å². The Labute approximate surface area is 200 Å². The molecule has 1 amide bonds. The molecule has 35 heavy (non-hydrogen) atoms. The van der Waals surface area contributed by atoms with E-state index in [0.29, 0.717) is 31.9 Å². The standard InChI is InChI=1S/C24H27N3O8/c25-18-12-9-10-8-11-13(27-4-1-6-35-7-5-27)2-3-14(28)16(11)19(29)15(10)21(31)24(12,34)22(32)17(20(18)30)23(26)33/h2-3,10,12,18,28-29,32,34H,1,4-9,25H2,(H2,26,33)/t10-,12-,18+,24-/m0/s1. The Bertz CT molecular complexity index is 1210. The fourth-order valence-electron chi connectivity index (χ4n) is 5.98. The molecule has 11 nitrogen and oxygen atoms in total. The summed E-state index contributed by atoms with van der Waals surface area (Å²) in [6.07, 6.45) is 0.995. The number of phenolic OH excluding ortho intramolecular Hbond substituents is 1. The van der Waals surface area contributed by atoms with Gasteiger partial charge >= 0.3 is 0 Å². The number of ketones is 2. The topological polar surface area (TPSA) is 197 Å². The third-order valence-electron chi connectivity index (χ3n) is 7.67. The first kappa shape index (κ1) is 23.3. The fourth-order valence-corrected chi connectivity index (χ4v) is 5.98. The molecule has 186 valence electrons. The van der Waals surface area contributed by atoms with Crippen molar-refractivity contribution in [3.05, 3.63) is 40.2 Å². The number of hydrogen-bond donors (Lipinski definition) is 6. The normalized spacial score (nSPS) is 31.0. The number of carbonyl (C=O) groups is 3. The predicted molar refractivity (Wildman–Crippen MR) is 122 cm³/mol. The van der Waals surface area contributed by atoms with Gasteiger partial charge in [-0.1, -0.05) is 0 Å². The van der Waals surface area contributed by atoms with Crippen molar-refractivity contribution in [1.82, 2.24) is 0 Å². The highest BCUT2D eigenvalue weighted by Gasteiger charge is 2.63. The average molecular weight is 485 g/mol. The van der Waals surface area contributed by atoms with Crippen LogP contribution in [0.3, 0.4) is 0 Å². The smallest absolute Gasteiger partial charge is 0.255 e. The van der Waals surface area contributed by atoms with Gasteiger partial charge in [0.2, 0.25) is 5.78 Å². The van der Waals surface area contributed by atoms with Gasteiger partial charge in [0.1, 0.15) is 22.8 Å². The molecule has 1 saturated heterocycles. The van der Waals surface area contributed by atoms with E-state index in [1.807, 2.05) is 0 Å². The van der Waals surface area contributed by atoms with Gasteiger partial charge in [-0.2, -0.15) is 0 Å². The number of Topliss-reactive ketones (excluding diaryl/α,β-unsaturated/α-hetero) is 2. The van der Waals surface area contributed by atoms with Crippen LogP contribution < -0.4 is 16.4 Å². The number of phenols is 1. The lowest BCUT2D eigenvalue weighted by Crippen LogP contribution is -2.65. The van der Waals surface area contributed by atoms with Crippen LogP contribution in [0.4, 0.5) is 5.69 Å². The maximum Gasteiger partial charge on any atom is 0.255 e. The predicted octanol–water partition coefficient (Wildman–Crippen LogP) is -0.412. The molecule has 1 aromatic rings. The average Bonchev–Trinajstić information content (AvgIpc) is 3.09. The van der Waals surface area contributed by atoms with Crippen LogP contribution in [-0.2, 0) is 25.5 Å². The molecule has 3 aliphatic carbocycles. The summed E-state index contributed by atoms with van der Waals surface area (Å²) in [4.78, 5) is 40.2. The van der Waals surface area contributed by atoms with E-state index in [2.05, 4.69) is 4.90 Å². The fraction of sp³-hybridized carbons (Fsp3) is 0.458. The number of rotatable bonds is 2. The molecule has 0 spiro atoms. The molecule has 11 heteroatoms. The van der Waals surface area contributed by atoms with E-state index in [0.717, 1.165) is 12.1 Å².